The minimum absolute atomic E-state index is 0.0234. The van der Waals surface area contributed by atoms with E-state index in [1.165, 1.54) is 0 Å². The highest BCUT2D eigenvalue weighted by Crippen LogP contribution is 2.43. The number of benzene rings is 5. The Morgan fingerprint density at radius 2 is 1.26 bits per heavy atom. The molecular weight excluding hydrogens is 566 g/mol. The third-order valence-corrected chi connectivity index (χ3v) is 8.90. The zero-order valence-electron chi connectivity index (χ0n) is 26.5. The molecule has 1 atom stereocenters. The standard InChI is InChI=1S/C41H39N3O2/c1-4-39(45)43-37-22-14-15-32(27-37)31-23-25-36(26-24-31)41(46,30(2)3)38-28-44(29-42-38)40(33-16-8-5-9-17-33,34-18-10-6-11-19-34)35-20-12-7-13-21-35/h5-30,46H,4H2,1-3H3,(H,43,45). The number of nitrogens with zero attached hydrogens (tertiary/aromatic N) is 2. The summed E-state index contributed by atoms with van der Waals surface area (Å²) in [7, 11) is 0. The van der Waals surface area contributed by atoms with Crippen LogP contribution in [0, 0.1) is 5.92 Å². The van der Waals surface area contributed by atoms with E-state index in [0.717, 1.165) is 39.1 Å². The maximum absolute atomic E-state index is 12.5. The number of aromatic nitrogens is 2. The van der Waals surface area contributed by atoms with E-state index in [9.17, 15) is 9.90 Å². The molecule has 5 aromatic carbocycles. The van der Waals surface area contributed by atoms with E-state index in [0.29, 0.717) is 12.1 Å². The second kappa shape index (κ2) is 13.0. The van der Waals surface area contributed by atoms with E-state index >= 15 is 0 Å². The summed E-state index contributed by atoms with van der Waals surface area (Å²) in [5, 5.41) is 15.5. The molecule has 230 valence electrons. The molecule has 2 N–H and O–H groups in total. The van der Waals surface area contributed by atoms with Gasteiger partial charge < -0.3 is 15.0 Å². The number of nitrogens with one attached hydrogen (secondary N) is 1. The zero-order chi connectivity index (χ0) is 32.1. The van der Waals surface area contributed by atoms with Crippen molar-refractivity contribution in [2.45, 2.75) is 38.3 Å². The molecule has 0 fully saturated rings. The van der Waals surface area contributed by atoms with Crippen molar-refractivity contribution in [3.05, 3.63) is 180 Å². The van der Waals surface area contributed by atoms with Gasteiger partial charge in [-0.2, -0.15) is 0 Å². The average molecular weight is 606 g/mol. The van der Waals surface area contributed by atoms with E-state index in [1.807, 2.05) is 100 Å². The first-order chi connectivity index (χ1) is 22.4. The fourth-order valence-electron chi connectivity index (χ4n) is 6.41. The van der Waals surface area contributed by atoms with Crippen LogP contribution in [0.4, 0.5) is 5.69 Å². The van der Waals surface area contributed by atoms with Crippen LogP contribution in [0.15, 0.2) is 152 Å². The fourth-order valence-corrected chi connectivity index (χ4v) is 6.41. The van der Waals surface area contributed by atoms with Crippen LogP contribution in [0.5, 0.6) is 0 Å². The van der Waals surface area contributed by atoms with Crippen LogP contribution in [0.3, 0.4) is 0 Å². The molecule has 0 aliphatic heterocycles. The van der Waals surface area contributed by atoms with Crippen LogP contribution in [0.1, 0.15) is 55.1 Å². The summed E-state index contributed by atoms with van der Waals surface area (Å²) in [4.78, 5) is 16.9. The molecular formula is C41H39N3O2. The molecule has 0 saturated heterocycles. The Balaban J connectivity index is 1.45. The molecule has 1 unspecified atom stereocenters. The first-order valence-electron chi connectivity index (χ1n) is 15.8. The van der Waals surface area contributed by atoms with E-state index in [1.54, 1.807) is 0 Å². The minimum Gasteiger partial charge on any atom is -0.378 e. The lowest BCUT2D eigenvalue weighted by Crippen LogP contribution is -2.37. The predicted molar refractivity (Wildman–Crippen MR) is 185 cm³/mol. The number of anilines is 1. The number of amides is 1. The Morgan fingerprint density at radius 1 is 0.717 bits per heavy atom. The molecule has 5 nitrogen and oxygen atoms in total. The van der Waals surface area contributed by atoms with Gasteiger partial charge in [0.2, 0.25) is 5.91 Å². The van der Waals surface area contributed by atoms with Crippen molar-refractivity contribution < 1.29 is 9.90 Å². The summed E-state index contributed by atoms with van der Waals surface area (Å²) in [6, 6.07) is 47.2. The van der Waals surface area contributed by atoms with Gasteiger partial charge in [0, 0.05) is 18.3 Å². The number of imidazole rings is 1. The molecule has 0 aliphatic rings. The Labute approximate surface area is 271 Å². The Kier molecular flexibility index (Phi) is 8.69. The van der Waals surface area contributed by atoms with Crippen LogP contribution < -0.4 is 5.32 Å². The number of hydrogen-bond donors (Lipinski definition) is 2. The topological polar surface area (TPSA) is 67.2 Å². The fraction of sp³-hybridized carbons (Fsp3) is 0.171. The van der Waals surface area contributed by atoms with Crippen LogP contribution in [-0.4, -0.2) is 20.6 Å². The Hall–Kier alpha value is -5.26. The molecule has 1 aromatic heterocycles. The molecule has 0 saturated carbocycles. The molecule has 6 rings (SSSR count). The van der Waals surface area contributed by atoms with Gasteiger partial charge in [-0.15, -0.1) is 0 Å². The van der Waals surface area contributed by atoms with E-state index in [-0.39, 0.29) is 11.8 Å². The Bertz CT molecular complexity index is 1800. The third-order valence-electron chi connectivity index (χ3n) is 8.90. The number of carbonyl (C=O) groups is 1. The van der Waals surface area contributed by atoms with Crippen molar-refractivity contribution in [1.82, 2.24) is 9.55 Å². The SMILES string of the molecule is CCC(=O)Nc1cccc(-c2ccc(C(O)(c3cn(C(c4ccccc4)(c4ccccc4)c4ccccc4)cn3)C(C)C)cc2)c1. The van der Waals surface area contributed by atoms with E-state index in [4.69, 9.17) is 4.98 Å². The highest BCUT2D eigenvalue weighted by atomic mass is 16.3. The number of carbonyl (C=O) groups excluding carboxylic acids is 1. The number of aliphatic hydroxyl groups is 1. The molecule has 0 bridgehead atoms. The van der Waals surface area contributed by atoms with Crippen LogP contribution in [0.25, 0.3) is 11.1 Å². The molecule has 5 heteroatoms. The predicted octanol–water partition coefficient (Wildman–Crippen LogP) is 8.63. The van der Waals surface area contributed by atoms with Gasteiger partial charge >= 0.3 is 0 Å². The maximum Gasteiger partial charge on any atom is 0.224 e. The van der Waals surface area contributed by atoms with Crippen molar-refractivity contribution in [2.24, 2.45) is 5.92 Å². The minimum atomic E-state index is -1.35. The van der Waals surface area contributed by atoms with Gasteiger partial charge in [0.25, 0.3) is 0 Å². The summed E-state index contributed by atoms with van der Waals surface area (Å²) < 4.78 is 2.14. The molecule has 1 amide bonds. The van der Waals surface area contributed by atoms with Gasteiger partial charge in [-0.25, -0.2) is 4.98 Å². The lowest BCUT2D eigenvalue weighted by molar-refractivity contribution is -0.115. The smallest absolute Gasteiger partial charge is 0.224 e. The van der Waals surface area contributed by atoms with Crippen LogP contribution in [0.2, 0.25) is 0 Å². The van der Waals surface area contributed by atoms with Crippen molar-refractivity contribution in [3.8, 4) is 11.1 Å². The van der Waals surface area contributed by atoms with Gasteiger partial charge in [-0.3, -0.25) is 4.79 Å². The summed E-state index contributed by atoms with van der Waals surface area (Å²) >= 11 is 0. The summed E-state index contributed by atoms with van der Waals surface area (Å²) in [5.41, 5.74) is 5.26. The zero-order valence-corrected chi connectivity index (χ0v) is 26.5. The van der Waals surface area contributed by atoms with E-state index in [2.05, 4.69) is 82.7 Å². The average Bonchev–Trinajstić information content (AvgIpc) is 3.61. The molecule has 0 aliphatic carbocycles. The van der Waals surface area contributed by atoms with Gasteiger partial charge in [0.05, 0.1) is 12.0 Å². The molecule has 1 heterocycles. The van der Waals surface area contributed by atoms with Crippen molar-refractivity contribution in [2.75, 3.05) is 5.32 Å². The van der Waals surface area contributed by atoms with Crippen molar-refractivity contribution in [1.29, 1.82) is 0 Å². The van der Waals surface area contributed by atoms with Gasteiger partial charge in [0.1, 0.15) is 11.1 Å². The molecule has 6 aromatic rings. The van der Waals surface area contributed by atoms with E-state index < -0.39 is 11.1 Å². The lowest BCUT2D eigenvalue weighted by Gasteiger charge is -2.37. The molecule has 0 radical (unpaired) electrons. The largest absolute Gasteiger partial charge is 0.378 e. The van der Waals surface area contributed by atoms with Gasteiger partial charge in [-0.1, -0.05) is 148 Å². The first-order valence-corrected chi connectivity index (χ1v) is 15.8. The van der Waals surface area contributed by atoms with Crippen molar-refractivity contribution in [3.63, 3.8) is 0 Å². The monoisotopic (exact) mass is 605 g/mol. The second-order valence-corrected chi connectivity index (χ2v) is 12.0. The van der Waals surface area contributed by atoms with Crippen molar-refractivity contribution >= 4 is 11.6 Å². The van der Waals surface area contributed by atoms with Crippen LogP contribution in [-0.2, 0) is 15.9 Å². The molecule has 0 spiro atoms. The lowest BCUT2D eigenvalue weighted by atomic mass is 9.76. The number of hydrogen-bond acceptors (Lipinski definition) is 3. The molecule has 46 heavy (non-hydrogen) atoms. The summed E-state index contributed by atoms with van der Waals surface area (Å²) in [5.74, 6) is -0.196. The first kappa shape index (κ1) is 30.8. The second-order valence-electron chi connectivity index (χ2n) is 12.0. The highest BCUT2D eigenvalue weighted by molar-refractivity contribution is 5.91. The summed E-state index contributed by atoms with van der Waals surface area (Å²) in [6.45, 7) is 5.87. The Morgan fingerprint density at radius 3 is 1.76 bits per heavy atom. The summed E-state index contributed by atoms with van der Waals surface area (Å²) in [6.07, 6.45) is 4.27. The number of rotatable bonds is 10. The maximum atomic E-state index is 12.5. The van der Waals surface area contributed by atoms with Crippen LogP contribution >= 0.6 is 0 Å². The highest BCUT2D eigenvalue weighted by Gasteiger charge is 2.42. The quantitative estimate of drug-likeness (QED) is 0.154. The van der Waals surface area contributed by atoms with Gasteiger partial charge in [-0.05, 0) is 51.4 Å². The normalized spacial score (nSPS) is 12.9. The third kappa shape index (κ3) is 5.55. The van der Waals surface area contributed by atoms with Gasteiger partial charge in [0.15, 0.2) is 0 Å².